The normalized spacial score (nSPS) is 10.2. The number of unbranched alkanes of at least 4 members (excludes halogenated alkanes) is 3. The Labute approximate surface area is 168 Å². The van der Waals surface area contributed by atoms with E-state index in [9.17, 15) is 0 Å². The molecular formula is C16H28I2N4. The SMILES string of the molecule is Cn1cc[n+](C)c1CCCCCCc1n(C)cc[n+]1C.[I-].[I-]. The first kappa shape index (κ1) is 21.9. The van der Waals surface area contributed by atoms with Crippen LogP contribution in [0.25, 0.3) is 0 Å². The molecule has 22 heavy (non-hydrogen) atoms. The van der Waals surface area contributed by atoms with Crippen molar-refractivity contribution in [2.75, 3.05) is 0 Å². The van der Waals surface area contributed by atoms with Crippen molar-refractivity contribution < 1.29 is 57.1 Å². The van der Waals surface area contributed by atoms with Crippen LogP contribution in [0.2, 0.25) is 0 Å². The highest BCUT2D eigenvalue weighted by Crippen LogP contribution is 2.07. The van der Waals surface area contributed by atoms with Crippen LogP contribution in [0, 0.1) is 0 Å². The summed E-state index contributed by atoms with van der Waals surface area (Å²) in [6, 6.07) is 0. The molecule has 0 N–H and O–H groups in total. The van der Waals surface area contributed by atoms with Crippen molar-refractivity contribution in [1.29, 1.82) is 0 Å². The van der Waals surface area contributed by atoms with Crippen LogP contribution in [0.3, 0.4) is 0 Å². The third kappa shape index (κ3) is 5.82. The van der Waals surface area contributed by atoms with Gasteiger partial charge in [-0.15, -0.1) is 0 Å². The molecule has 0 unspecified atom stereocenters. The summed E-state index contributed by atoms with van der Waals surface area (Å²) in [6.45, 7) is 0. The Bertz CT molecular complexity index is 471. The number of hydrogen-bond donors (Lipinski definition) is 0. The van der Waals surface area contributed by atoms with Gasteiger partial charge in [-0.1, -0.05) is 12.8 Å². The molecule has 0 aliphatic heterocycles. The minimum Gasteiger partial charge on any atom is -1.00 e. The Morgan fingerprint density at radius 2 is 1.09 bits per heavy atom. The van der Waals surface area contributed by atoms with Gasteiger partial charge in [-0.25, -0.2) is 18.3 Å². The zero-order valence-electron chi connectivity index (χ0n) is 14.1. The maximum absolute atomic E-state index is 2.23. The summed E-state index contributed by atoms with van der Waals surface area (Å²) in [7, 11) is 8.52. The lowest BCUT2D eigenvalue weighted by Crippen LogP contribution is -3.00. The summed E-state index contributed by atoms with van der Waals surface area (Å²) in [5.74, 6) is 2.83. The van der Waals surface area contributed by atoms with Gasteiger partial charge in [-0.3, -0.25) is 0 Å². The van der Waals surface area contributed by atoms with Gasteiger partial charge in [0.2, 0.25) is 0 Å². The van der Waals surface area contributed by atoms with Gasteiger partial charge in [0, 0.05) is 12.8 Å². The number of nitrogens with zero attached hydrogens (tertiary/aromatic N) is 4. The van der Waals surface area contributed by atoms with Crippen LogP contribution in [-0.4, -0.2) is 9.13 Å². The Morgan fingerprint density at radius 3 is 1.36 bits per heavy atom. The van der Waals surface area contributed by atoms with Gasteiger partial charge in [-0.05, 0) is 12.8 Å². The predicted octanol–water partition coefficient (Wildman–Crippen LogP) is -4.63. The summed E-state index contributed by atoms with van der Waals surface area (Å²) in [4.78, 5) is 0. The molecule has 0 bridgehead atoms. The van der Waals surface area contributed by atoms with E-state index in [1.165, 1.54) is 50.2 Å². The molecule has 0 atom stereocenters. The van der Waals surface area contributed by atoms with E-state index in [1.54, 1.807) is 0 Å². The third-order valence-electron chi connectivity index (χ3n) is 4.21. The number of hydrogen-bond acceptors (Lipinski definition) is 0. The number of imidazole rings is 2. The quantitative estimate of drug-likeness (QED) is 0.195. The van der Waals surface area contributed by atoms with Crippen LogP contribution >= 0.6 is 0 Å². The summed E-state index contributed by atoms with van der Waals surface area (Å²) in [5, 5.41) is 0. The van der Waals surface area contributed by atoms with E-state index in [-0.39, 0.29) is 48.0 Å². The molecule has 2 heterocycles. The highest BCUT2D eigenvalue weighted by Gasteiger charge is 2.11. The van der Waals surface area contributed by atoms with Crippen molar-refractivity contribution in [2.24, 2.45) is 28.2 Å². The molecule has 126 valence electrons. The van der Waals surface area contributed by atoms with Crippen molar-refractivity contribution in [1.82, 2.24) is 9.13 Å². The summed E-state index contributed by atoms with van der Waals surface area (Å²) in [5.41, 5.74) is 0. The number of rotatable bonds is 7. The standard InChI is InChI=1S/C16H28N4.2HI/c1-17-11-12-18(2)15(17)9-7-5-6-8-10-16-19(3)13-14-20(16)4;;/h11-14H,5-10H2,1-4H3;2*1H/q+2;;/p-2. The van der Waals surface area contributed by atoms with Crippen molar-refractivity contribution in [3.05, 3.63) is 36.4 Å². The van der Waals surface area contributed by atoms with Crippen LogP contribution in [0.5, 0.6) is 0 Å². The van der Waals surface area contributed by atoms with Crippen molar-refractivity contribution in [2.45, 2.75) is 38.5 Å². The molecule has 0 saturated carbocycles. The van der Waals surface area contributed by atoms with Gasteiger partial charge in [0.05, 0.1) is 28.2 Å². The lowest BCUT2D eigenvalue weighted by molar-refractivity contribution is -0.679. The van der Waals surface area contributed by atoms with Crippen LogP contribution in [-0.2, 0) is 41.0 Å². The Balaban J connectivity index is 0.00000220. The van der Waals surface area contributed by atoms with E-state index in [4.69, 9.17) is 0 Å². The fraction of sp³-hybridized carbons (Fsp3) is 0.625. The van der Waals surface area contributed by atoms with Crippen molar-refractivity contribution in [3.63, 3.8) is 0 Å². The Hall–Kier alpha value is -0.120. The molecule has 0 aromatic carbocycles. The van der Waals surface area contributed by atoms with Gasteiger partial charge in [0.15, 0.2) is 0 Å². The van der Waals surface area contributed by atoms with E-state index in [1.807, 2.05) is 0 Å². The molecule has 2 rings (SSSR count). The Kier molecular flexibility index (Phi) is 10.6. The highest BCUT2D eigenvalue weighted by atomic mass is 127. The lowest BCUT2D eigenvalue weighted by atomic mass is 10.1. The molecule has 0 saturated heterocycles. The highest BCUT2D eigenvalue weighted by molar-refractivity contribution is 4.83. The van der Waals surface area contributed by atoms with Gasteiger partial charge in [-0.2, -0.15) is 0 Å². The maximum atomic E-state index is 2.23. The molecule has 4 nitrogen and oxygen atoms in total. The monoisotopic (exact) mass is 530 g/mol. The number of aromatic nitrogens is 4. The third-order valence-corrected chi connectivity index (χ3v) is 4.21. The average molecular weight is 530 g/mol. The minimum atomic E-state index is 0. The molecule has 2 aromatic rings. The molecule has 0 radical (unpaired) electrons. The molecule has 0 aliphatic carbocycles. The summed E-state index contributed by atoms with van der Waals surface area (Å²) >= 11 is 0. The second-order valence-corrected chi connectivity index (χ2v) is 5.79. The van der Waals surface area contributed by atoms with Gasteiger partial charge >= 0.3 is 0 Å². The molecular weight excluding hydrogens is 502 g/mol. The largest absolute Gasteiger partial charge is 1.00 e. The van der Waals surface area contributed by atoms with Crippen LogP contribution in [0.15, 0.2) is 24.8 Å². The first-order chi connectivity index (χ1) is 9.59. The van der Waals surface area contributed by atoms with Gasteiger partial charge in [0.1, 0.15) is 24.8 Å². The zero-order chi connectivity index (χ0) is 14.5. The van der Waals surface area contributed by atoms with E-state index >= 15 is 0 Å². The minimum absolute atomic E-state index is 0. The average Bonchev–Trinajstić information content (AvgIpc) is 2.90. The maximum Gasteiger partial charge on any atom is 0.255 e. The number of aryl methyl sites for hydroxylation is 4. The van der Waals surface area contributed by atoms with Crippen LogP contribution in [0.4, 0.5) is 0 Å². The first-order valence-corrected chi connectivity index (χ1v) is 7.59. The van der Waals surface area contributed by atoms with E-state index in [2.05, 4.69) is 71.2 Å². The second kappa shape index (κ2) is 10.6. The number of halogens is 2. The predicted molar refractivity (Wildman–Crippen MR) is 79.1 cm³/mol. The summed E-state index contributed by atoms with van der Waals surface area (Å²) in [6.07, 6.45) is 16.1. The topological polar surface area (TPSA) is 17.6 Å². The molecule has 2 aromatic heterocycles. The molecule has 6 heteroatoms. The Morgan fingerprint density at radius 1 is 0.727 bits per heavy atom. The molecule has 0 fully saturated rings. The second-order valence-electron chi connectivity index (χ2n) is 5.79. The molecule has 0 spiro atoms. The van der Waals surface area contributed by atoms with Crippen molar-refractivity contribution in [3.8, 4) is 0 Å². The lowest BCUT2D eigenvalue weighted by Gasteiger charge is -2.01. The summed E-state index contributed by atoms with van der Waals surface area (Å²) < 4.78 is 8.90. The van der Waals surface area contributed by atoms with Crippen LogP contribution in [0.1, 0.15) is 37.3 Å². The fourth-order valence-electron chi connectivity index (χ4n) is 2.87. The van der Waals surface area contributed by atoms with E-state index < -0.39 is 0 Å². The molecule has 0 aliphatic rings. The van der Waals surface area contributed by atoms with Crippen molar-refractivity contribution >= 4 is 0 Å². The molecule has 0 amide bonds. The van der Waals surface area contributed by atoms with E-state index in [0.717, 1.165) is 0 Å². The van der Waals surface area contributed by atoms with Gasteiger partial charge in [0.25, 0.3) is 11.6 Å². The van der Waals surface area contributed by atoms with Crippen LogP contribution < -0.4 is 57.1 Å². The fourth-order valence-corrected chi connectivity index (χ4v) is 2.87. The first-order valence-electron chi connectivity index (χ1n) is 7.59. The zero-order valence-corrected chi connectivity index (χ0v) is 18.4. The van der Waals surface area contributed by atoms with E-state index in [0.29, 0.717) is 0 Å². The smallest absolute Gasteiger partial charge is 0.255 e. The van der Waals surface area contributed by atoms with Gasteiger partial charge < -0.3 is 48.0 Å².